The largest absolute Gasteiger partial charge is 0.304 e. The number of likely N-dealkylation sites (N-methyl/N-ethyl adjacent to an activating group) is 1. The SMILES string of the molecule is CC(C)c1ccc(-c2ccc(CN3CCN(C)CC3)cc2)cc1. The highest BCUT2D eigenvalue weighted by molar-refractivity contribution is 5.64. The van der Waals surface area contributed by atoms with E-state index in [-0.39, 0.29) is 0 Å². The maximum Gasteiger partial charge on any atom is 0.0234 e. The molecule has 1 heterocycles. The summed E-state index contributed by atoms with van der Waals surface area (Å²) in [5, 5.41) is 0. The van der Waals surface area contributed by atoms with E-state index in [9.17, 15) is 0 Å². The van der Waals surface area contributed by atoms with Crippen LogP contribution in [-0.2, 0) is 6.54 Å². The van der Waals surface area contributed by atoms with E-state index in [1.807, 2.05) is 0 Å². The van der Waals surface area contributed by atoms with E-state index in [1.54, 1.807) is 0 Å². The molecule has 23 heavy (non-hydrogen) atoms. The van der Waals surface area contributed by atoms with Crippen molar-refractivity contribution in [1.29, 1.82) is 0 Å². The van der Waals surface area contributed by atoms with Crippen LogP contribution in [0, 0.1) is 0 Å². The molecule has 0 atom stereocenters. The Morgan fingerprint density at radius 3 is 1.83 bits per heavy atom. The zero-order valence-corrected chi connectivity index (χ0v) is 14.6. The fraction of sp³-hybridized carbons (Fsp3) is 0.429. The van der Waals surface area contributed by atoms with Crippen molar-refractivity contribution in [3.05, 3.63) is 59.7 Å². The van der Waals surface area contributed by atoms with Crippen LogP contribution in [0.25, 0.3) is 11.1 Å². The third-order valence-corrected chi connectivity index (χ3v) is 4.87. The van der Waals surface area contributed by atoms with Gasteiger partial charge in [-0.1, -0.05) is 62.4 Å². The van der Waals surface area contributed by atoms with Gasteiger partial charge in [0.05, 0.1) is 0 Å². The monoisotopic (exact) mass is 308 g/mol. The molecular formula is C21H28N2. The Kier molecular flexibility index (Phi) is 5.14. The lowest BCUT2D eigenvalue weighted by Gasteiger charge is -2.32. The topological polar surface area (TPSA) is 6.48 Å². The maximum absolute atomic E-state index is 2.55. The molecule has 122 valence electrons. The Morgan fingerprint density at radius 1 is 0.783 bits per heavy atom. The fourth-order valence-corrected chi connectivity index (χ4v) is 3.13. The summed E-state index contributed by atoms with van der Waals surface area (Å²) in [4.78, 5) is 4.95. The minimum atomic E-state index is 0.593. The molecule has 0 unspecified atom stereocenters. The van der Waals surface area contributed by atoms with Crippen molar-refractivity contribution >= 4 is 0 Å². The van der Waals surface area contributed by atoms with Gasteiger partial charge in [0.25, 0.3) is 0 Å². The third kappa shape index (κ3) is 4.21. The molecule has 2 nitrogen and oxygen atoms in total. The number of benzene rings is 2. The first-order chi connectivity index (χ1) is 11.1. The Morgan fingerprint density at radius 2 is 1.30 bits per heavy atom. The van der Waals surface area contributed by atoms with Crippen LogP contribution >= 0.6 is 0 Å². The number of rotatable bonds is 4. The summed E-state index contributed by atoms with van der Waals surface area (Å²) in [6, 6.07) is 18.1. The highest BCUT2D eigenvalue weighted by atomic mass is 15.2. The van der Waals surface area contributed by atoms with Crippen LogP contribution in [0.5, 0.6) is 0 Å². The van der Waals surface area contributed by atoms with E-state index in [2.05, 4.69) is 79.2 Å². The quantitative estimate of drug-likeness (QED) is 0.834. The van der Waals surface area contributed by atoms with Gasteiger partial charge in [-0.3, -0.25) is 4.90 Å². The molecule has 2 heteroatoms. The number of piperazine rings is 1. The molecule has 3 rings (SSSR count). The highest BCUT2D eigenvalue weighted by Gasteiger charge is 2.13. The fourth-order valence-electron chi connectivity index (χ4n) is 3.13. The molecule has 1 aliphatic heterocycles. The van der Waals surface area contributed by atoms with E-state index in [4.69, 9.17) is 0 Å². The molecule has 0 aliphatic carbocycles. The molecule has 1 aliphatic rings. The second-order valence-corrected chi connectivity index (χ2v) is 7.05. The zero-order chi connectivity index (χ0) is 16.2. The number of hydrogen-bond donors (Lipinski definition) is 0. The van der Waals surface area contributed by atoms with Crippen LogP contribution in [0.1, 0.15) is 30.9 Å². The summed E-state index contributed by atoms with van der Waals surface area (Å²) >= 11 is 0. The summed E-state index contributed by atoms with van der Waals surface area (Å²) in [5.74, 6) is 0.593. The summed E-state index contributed by atoms with van der Waals surface area (Å²) in [5.41, 5.74) is 5.43. The van der Waals surface area contributed by atoms with Gasteiger partial charge in [-0.25, -0.2) is 0 Å². The molecule has 0 amide bonds. The molecule has 2 aromatic rings. The van der Waals surface area contributed by atoms with Crippen molar-refractivity contribution in [3.63, 3.8) is 0 Å². The Labute approximate surface area is 140 Å². The van der Waals surface area contributed by atoms with Crippen molar-refractivity contribution in [2.75, 3.05) is 33.2 Å². The number of nitrogens with zero attached hydrogens (tertiary/aromatic N) is 2. The van der Waals surface area contributed by atoms with Crippen molar-refractivity contribution < 1.29 is 0 Å². The van der Waals surface area contributed by atoms with Gasteiger partial charge in [-0.05, 0) is 35.2 Å². The second kappa shape index (κ2) is 7.29. The van der Waals surface area contributed by atoms with Gasteiger partial charge in [-0.2, -0.15) is 0 Å². The van der Waals surface area contributed by atoms with Gasteiger partial charge >= 0.3 is 0 Å². The van der Waals surface area contributed by atoms with Gasteiger partial charge in [0.1, 0.15) is 0 Å². The molecule has 0 saturated carbocycles. The van der Waals surface area contributed by atoms with Gasteiger partial charge < -0.3 is 4.90 Å². The average molecular weight is 308 g/mol. The first kappa shape index (κ1) is 16.2. The Balaban J connectivity index is 1.64. The standard InChI is InChI=1S/C21H28N2/c1-17(2)19-8-10-21(11-9-19)20-6-4-18(5-7-20)16-23-14-12-22(3)13-15-23/h4-11,17H,12-16H2,1-3H3. The van der Waals surface area contributed by atoms with Gasteiger partial charge in [0.2, 0.25) is 0 Å². The molecule has 0 bridgehead atoms. The maximum atomic E-state index is 2.55. The van der Waals surface area contributed by atoms with Crippen LogP contribution in [0.3, 0.4) is 0 Å². The van der Waals surface area contributed by atoms with E-state index in [1.165, 1.54) is 48.4 Å². The van der Waals surface area contributed by atoms with Crippen LogP contribution in [0.15, 0.2) is 48.5 Å². The molecule has 0 spiro atoms. The lowest BCUT2D eigenvalue weighted by molar-refractivity contribution is 0.148. The second-order valence-electron chi connectivity index (χ2n) is 7.05. The van der Waals surface area contributed by atoms with Gasteiger partial charge in [0.15, 0.2) is 0 Å². The van der Waals surface area contributed by atoms with E-state index in [0.29, 0.717) is 5.92 Å². The molecular weight excluding hydrogens is 280 g/mol. The van der Waals surface area contributed by atoms with Gasteiger partial charge in [0, 0.05) is 32.7 Å². The molecule has 0 aromatic heterocycles. The molecule has 1 saturated heterocycles. The van der Waals surface area contributed by atoms with Crippen LogP contribution < -0.4 is 0 Å². The normalized spacial score (nSPS) is 16.9. The molecule has 2 aromatic carbocycles. The predicted octanol–water partition coefficient (Wildman–Crippen LogP) is 4.22. The average Bonchev–Trinajstić information content (AvgIpc) is 2.58. The molecule has 0 radical (unpaired) electrons. The van der Waals surface area contributed by atoms with Gasteiger partial charge in [-0.15, -0.1) is 0 Å². The number of hydrogen-bond acceptors (Lipinski definition) is 2. The Bertz CT molecular complexity index is 605. The lowest BCUT2D eigenvalue weighted by Crippen LogP contribution is -2.43. The van der Waals surface area contributed by atoms with E-state index >= 15 is 0 Å². The predicted molar refractivity (Wildman–Crippen MR) is 98.7 cm³/mol. The Hall–Kier alpha value is -1.64. The third-order valence-electron chi connectivity index (χ3n) is 4.87. The van der Waals surface area contributed by atoms with Crippen LogP contribution in [0.4, 0.5) is 0 Å². The molecule has 0 N–H and O–H groups in total. The summed E-state index contributed by atoms with van der Waals surface area (Å²) < 4.78 is 0. The zero-order valence-electron chi connectivity index (χ0n) is 14.6. The lowest BCUT2D eigenvalue weighted by atomic mass is 9.98. The first-order valence-electron chi connectivity index (χ1n) is 8.72. The van der Waals surface area contributed by atoms with Crippen molar-refractivity contribution in [2.24, 2.45) is 0 Å². The summed E-state index contributed by atoms with van der Waals surface area (Å²) in [6.07, 6.45) is 0. The van der Waals surface area contributed by atoms with Crippen molar-refractivity contribution in [2.45, 2.75) is 26.3 Å². The van der Waals surface area contributed by atoms with Crippen molar-refractivity contribution in [3.8, 4) is 11.1 Å². The summed E-state index contributed by atoms with van der Waals surface area (Å²) in [7, 11) is 2.21. The van der Waals surface area contributed by atoms with E-state index < -0.39 is 0 Å². The van der Waals surface area contributed by atoms with E-state index in [0.717, 1.165) is 6.54 Å². The smallest absolute Gasteiger partial charge is 0.0234 e. The minimum absolute atomic E-state index is 0.593. The summed E-state index contributed by atoms with van der Waals surface area (Å²) in [6.45, 7) is 10.3. The first-order valence-corrected chi connectivity index (χ1v) is 8.72. The molecule has 1 fully saturated rings. The minimum Gasteiger partial charge on any atom is -0.304 e. The van der Waals surface area contributed by atoms with Crippen LogP contribution in [-0.4, -0.2) is 43.0 Å². The van der Waals surface area contributed by atoms with Crippen molar-refractivity contribution in [1.82, 2.24) is 9.80 Å². The highest BCUT2D eigenvalue weighted by Crippen LogP contribution is 2.23. The van der Waals surface area contributed by atoms with Crippen LogP contribution in [0.2, 0.25) is 0 Å².